The molecule has 6 nitrogen and oxygen atoms in total. The first-order valence-electron chi connectivity index (χ1n) is 6.87. The Kier molecular flexibility index (Phi) is 5.31. The molecule has 20 heavy (non-hydrogen) atoms. The van der Waals surface area contributed by atoms with Crippen molar-refractivity contribution >= 4 is 0 Å². The van der Waals surface area contributed by atoms with Crippen molar-refractivity contribution in [1.29, 1.82) is 0 Å². The summed E-state index contributed by atoms with van der Waals surface area (Å²) in [7, 11) is 0. The zero-order valence-corrected chi connectivity index (χ0v) is 12.2. The molecule has 2 aromatic heterocycles. The molecular weight excluding hydrogens is 256 g/mol. The summed E-state index contributed by atoms with van der Waals surface area (Å²) in [6.07, 6.45) is 6.36. The average molecular weight is 278 g/mol. The average Bonchev–Trinajstić information content (AvgIpc) is 3.05. The van der Waals surface area contributed by atoms with Crippen molar-refractivity contribution in [3.05, 3.63) is 35.9 Å². The van der Waals surface area contributed by atoms with E-state index < -0.39 is 0 Å². The third kappa shape index (κ3) is 4.79. The Bertz CT molecular complexity index is 493. The second kappa shape index (κ2) is 7.21. The van der Waals surface area contributed by atoms with Gasteiger partial charge in [-0.2, -0.15) is 0 Å². The number of aromatic amines is 2. The molecule has 2 heterocycles. The van der Waals surface area contributed by atoms with Crippen LogP contribution in [0.2, 0.25) is 0 Å². The highest BCUT2D eigenvalue weighted by Gasteiger charge is 2.09. The minimum atomic E-state index is 0.0742. The summed E-state index contributed by atoms with van der Waals surface area (Å²) in [6.45, 7) is 7.10. The summed E-state index contributed by atoms with van der Waals surface area (Å²) in [5.41, 5.74) is 0.993. The fourth-order valence-electron chi connectivity index (χ4n) is 1.77. The minimum absolute atomic E-state index is 0.0742. The topological polar surface area (TPSA) is 75.8 Å². The Labute approximate surface area is 118 Å². The third-order valence-corrected chi connectivity index (χ3v) is 2.79. The molecule has 0 aliphatic carbocycles. The van der Waals surface area contributed by atoms with E-state index >= 15 is 0 Å². The Morgan fingerprint density at radius 1 is 1.10 bits per heavy atom. The van der Waals surface area contributed by atoms with Crippen molar-refractivity contribution in [2.75, 3.05) is 0 Å². The van der Waals surface area contributed by atoms with Crippen molar-refractivity contribution in [3.63, 3.8) is 0 Å². The highest BCUT2D eigenvalue weighted by atomic mass is 16.5. The van der Waals surface area contributed by atoms with E-state index in [0.29, 0.717) is 13.2 Å². The van der Waals surface area contributed by atoms with Crippen LogP contribution in [0.25, 0.3) is 0 Å². The van der Waals surface area contributed by atoms with Gasteiger partial charge in [0.25, 0.3) is 0 Å². The number of hydrogen-bond acceptors (Lipinski definition) is 4. The molecule has 110 valence electrons. The van der Waals surface area contributed by atoms with Gasteiger partial charge in [-0.05, 0) is 20.8 Å². The van der Waals surface area contributed by atoms with E-state index in [1.54, 1.807) is 12.4 Å². The van der Waals surface area contributed by atoms with Gasteiger partial charge < -0.3 is 19.4 Å². The van der Waals surface area contributed by atoms with Crippen LogP contribution in [0.4, 0.5) is 0 Å². The number of nitrogens with one attached hydrogen (secondary N) is 2. The van der Waals surface area contributed by atoms with Gasteiger partial charge >= 0.3 is 0 Å². The normalized spacial score (nSPS) is 13.0. The maximum absolute atomic E-state index is 5.71. The van der Waals surface area contributed by atoms with Crippen LogP contribution in [0.1, 0.15) is 38.1 Å². The van der Waals surface area contributed by atoms with Crippen LogP contribution in [0, 0.1) is 0 Å². The van der Waals surface area contributed by atoms with Crippen LogP contribution in [-0.2, 0) is 29.1 Å². The van der Waals surface area contributed by atoms with E-state index in [0.717, 1.165) is 23.8 Å². The van der Waals surface area contributed by atoms with Crippen LogP contribution in [0.3, 0.4) is 0 Å². The smallest absolute Gasteiger partial charge is 0.132 e. The molecule has 0 aromatic carbocycles. The van der Waals surface area contributed by atoms with Gasteiger partial charge in [-0.15, -0.1) is 0 Å². The zero-order valence-electron chi connectivity index (χ0n) is 12.2. The molecule has 0 saturated carbocycles. The van der Waals surface area contributed by atoms with Gasteiger partial charge in [0.05, 0.1) is 30.7 Å². The van der Waals surface area contributed by atoms with E-state index in [2.05, 4.69) is 19.9 Å². The Balaban J connectivity index is 1.74. The number of imidazole rings is 2. The lowest BCUT2D eigenvalue weighted by Gasteiger charge is -2.10. The minimum Gasteiger partial charge on any atom is -0.373 e. The van der Waals surface area contributed by atoms with E-state index in [-0.39, 0.29) is 12.2 Å². The molecule has 1 atom stereocenters. The van der Waals surface area contributed by atoms with Gasteiger partial charge in [0.2, 0.25) is 0 Å². The number of hydrogen-bond donors (Lipinski definition) is 2. The molecule has 1 unspecified atom stereocenters. The number of H-pyrrole nitrogens is 2. The lowest BCUT2D eigenvalue weighted by molar-refractivity contribution is 0.0483. The monoisotopic (exact) mass is 278 g/mol. The molecule has 0 aliphatic heterocycles. The molecule has 0 aliphatic rings. The van der Waals surface area contributed by atoms with Crippen molar-refractivity contribution < 1.29 is 9.47 Å². The fraction of sp³-hybridized carbons (Fsp3) is 0.571. The second-order valence-corrected chi connectivity index (χ2v) is 5.08. The van der Waals surface area contributed by atoms with Crippen molar-refractivity contribution in [1.82, 2.24) is 19.9 Å². The summed E-state index contributed by atoms with van der Waals surface area (Å²) in [6, 6.07) is 0. The molecule has 0 bridgehead atoms. The van der Waals surface area contributed by atoms with Crippen LogP contribution < -0.4 is 0 Å². The third-order valence-electron chi connectivity index (χ3n) is 2.79. The molecule has 0 fully saturated rings. The Morgan fingerprint density at radius 2 is 1.95 bits per heavy atom. The zero-order chi connectivity index (χ0) is 14.4. The van der Waals surface area contributed by atoms with Gasteiger partial charge in [0.1, 0.15) is 18.3 Å². The first kappa shape index (κ1) is 14.7. The number of rotatable bonds is 8. The van der Waals surface area contributed by atoms with Gasteiger partial charge in [0, 0.05) is 18.8 Å². The maximum atomic E-state index is 5.71. The van der Waals surface area contributed by atoms with Crippen LogP contribution in [0.5, 0.6) is 0 Å². The summed E-state index contributed by atoms with van der Waals surface area (Å²) < 4.78 is 11.2. The molecule has 0 spiro atoms. The van der Waals surface area contributed by atoms with Crippen molar-refractivity contribution in [3.8, 4) is 0 Å². The molecule has 0 radical (unpaired) electrons. The summed E-state index contributed by atoms with van der Waals surface area (Å²) in [5, 5.41) is 0. The molecule has 2 aromatic rings. The molecule has 2 N–H and O–H groups in total. The number of nitrogens with zero attached hydrogens (tertiary/aromatic N) is 2. The van der Waals surface area contributed by atoms with Gasteiger partial charge in [0.15, 0.2) is 0 Å². The predicted octanol–water partition coefficient (Wildman–Crippen LogP) is 2.21. The molecule has 0 saturated heterocycles. The Morgan fingerprint density at radius 3 is 2.65 bits per heavy atom. The van der Waals surface area contributed by atoms with Crippen LogP contribution in [0.15, 0.2) is 18.6 Å². The molecule has 2 rings (SSSR count). The first-order valence-corrected chi connectivity index (χ1v) is 6.87. The highest BCUT2D eigenvalue weighted by molar-refractivity contribution is 5.01. The summed E-state index contributed by atoms with van der Waals surface area (Å²) in [4.78, 5) is 14.7. The molecule has 0 amide bonds. The van der Waals surface area contributed by atoms with E-state index in [4.69, 9.17) is 9.47 Å². The lowest BCUT2D eigenvalue weighted by atomic mass is 10.3. The summed E-state index contributed by atoms with van der Waals surface area (Å²) in [5.74, 6) is 1.75. The van der Waals surface area contributed by atoms with E-state index in [9.17, 15) is 0 Å². The van der Waals surface area contributed by atoms with Gasteiger partial charge in [-0.1, -0.05) is 0 Å². The van der Waals surface area contributed by atoms with Crippen molar-refractivity contribution in [2.24, 2.45) is 0 Å². The van der Waals surface area contributed by atoms with E-state index in [1.807, 2.05) is 27.0 Å². The highest BCUT2D eigenvalue weighted by Crippen LogP contribution is 2.07. The SMILES string of the molecule is CC(C)OCc1cnc(CC(C)OCc2ncc[nH]2)[nH]1. The molecule has 6 heteroatoms. The quantitative estimate of drug-likeness (QED) is 0.776. The standard InChI is InChI=1S/C14H22N4O2/c1-10(2)19-8-12-7-17-13(18-12)6-11(3)20-9-14-15-4-5-16-14/h4-5,7,10-11H,6,8-9H2,1-3H3,(H,15,16)(H,17,18). The first-order chi connectivity index (χ1) is 9.63. The van der Waals surface area contributed by atoms with E-state index in [1.165, 1.54) is 0 Å². The van der Waals surface area contributed by atoms with Crippen LogP contribution >= 0.6 is 0 Å². The lowest BCUT2D eigenvalue weighted by Crippen LogP contribution is -2.13. The van der Waals surface area contributed by atoms with Crippen molar-refractivity contribution in [2.45, 2.75) is 52.6 Å². The summed E-state index contributed by atoms with van der Waals surface area (Å²) >= 11 is 0. The number of ether oxygens (including phenoxy) is 2. The van der Waals surface area contributed by atoms with Gasteiger partial charge in [-0.25, -0.2) is 9.97 Å². The Hall–Kier alpha value is -1.66. The maximum Gasteiger partial charge on any atom is 0.132 e. The molecular formula is C14H22N4O2. The second-order valence-electron chi connectivity index (χ2n) is 5.08. The largest absolute Gasteiger partial charge is 0.373 e. The van der Waals surface area contributed by atoms with Gasteiger partial charge in [-0.3, -0.25) is 0 Å². The fourth-order valence-corrected chi connectivity index (χ4v) is 1.77. The van der Waals surface area contributed by atoms with Crippen LogP contribution in [-0.4, -0.2) is 32.1 Å². The number of aromatic nitrogens is 4. The predicted molar refractivity (Wildman–Crippen MR) is 75.1 cm³/mol.